The molecule has 0 fully saturated rings. The lowest BCUT2D eigenvalue weighted by atomic mass is 9.95. The highest BCUT2D eigenvalue weighted by atomic mass is 79.9. The molecule has 3 rings (SSSR count). The Morgan fingerprint density at radius 3 is 2.67 bits per heavy atom. The molecule has 108 valence electrons. The highest BCUT2D eigenvalue weighted by molar-refractivity contribution is 9.10. The zero-order valence-electron chi connectivity index (χ0n) is 12.2. The van der Waals surface area contributed by atoms with Crippen molar-refractivity contribution in [2.24, 2.45) is 5.73 Å². The summed E-state index contributed by atoms with van der Waals surface area (Å²) in [6, 6.07) is 14.2. The van der Waals surface area contributed by atoms with Crippen LogP contribution in [0.4, 0.5) is 0 Å². The predicted octanol–water partition coefficient (Wildman–Crippen LogP) is 5.11. The minimum absolute atomic E-state index is 0.180. The Kier molecular flexibility index (Phi) is 3.87. The molecule has 1 aromatic heterocycles. The summed E-state index contributed by atoms with van der Waals surface area (Å²) in [5.41, 5.74) is 10.8. The summed E-state index contributed by atoms with van der Waals surface area (Å²) in [7, 11) is 0. The van der Waals surface area contributed by atoms with Crippen molar-refractivity contribution >= 4 is 26.9 Å². The summed E-state index contributed by atoms with van der Waals surface area (Å²) in [6.07, 6.45) is 0.838. The van der Waals surface area contributed by atoms with Crippen LogP contribution in [0.3, 0.4) is 0 Å². The number of hydrogen-bond acceptors (Lipinski definition) is 2. The van der Waals surface area contributed by atoms with E-state index in [-0.39, 0.29) is 6.04 Å². The van der Waals surface area contributed by atoms with Crippen molar-refractivity contribution in [2.75, 3.05) is 0 Å². The third-order valence-electron chi connectivity index (χ3n) is 3.90. The molecule has 2 nitrogen and oxygen atoms in total. The average molecular weight is 344 g/mol. The summed E-state index contributed by atoms with van der Waals surface area (Å²) in [5, 5.41) is 1.11. The van der Waals surface area contributed by atoms with E-state index in [2.05, 4.69) is 54.0 Å². The van der Waals surface area contributed by atoms with E-state index in [1.165, 1.54) is 5.56 Å². The van der Waals surface area contributed by atoms with Gasteiger partial charge in [0.05, 0.1) is 6.04 Å². The first kappa shape index (κ1) is 14.4. The van der Waals surface area contributed by atoms with Gasteiger partial charge in [0.15, 0.2) is 0 Å². The van der Waals surface area contributed by atoms with Gasteiger partial charge in [-0.05, 0) is 30.2 Å². The van der Waals surface area contributed by atoms with Crippen LogP contribution in [0.1, 0.15) is 35.4 Å². The molecule has 0 aliphatic heterocycles. The molecule has 0 amide bonds. The molecule has 3 heteroatoms. The Labute approximate surface area is 133 Å². The number of fused-ring (bicyclic) bond motifs is 1. The third-order valence-corrected chi connectivity index (χ3v) is 4.75. The van der Waals surface area contributed by atoms with Crippen molar-refractivity contribution in [1.82, 2.24) is 0 Å². The van der Waals surface area contributed by atoms with Gasteiger partial charge in [0, 0.05) is 21.8 Å². The van der Waals surface area contributed by atoms with E-state index < -0.39 is 0 Å². The van der Waals surface area contributed by atoms with Crippen LogP contribution in [-0.2, 0) is 6.42 Å². The molecule has 0 saturated heterocycles. The maximum Gasteiger partial charge on any atom is 0.134 e. The monoisotopic (exact) mass is 343 g/mol. The molecule has 2 aromatic carbocycles. The number of benzene rings is 2. The summed E-state index contributed by atoms with van der Waals surface area (Å²) in [4.78, 5) is 0. The minimum Gasteiger partial charge on any atom is -0.461 e. The van der Waals surface area contributed by atoms with Crippen LogP contribution in [-0.4, -0.2) is 0 Å². The third kappa shape index (κ3) is 2.52. The van der Waals surface area contributed by atoms with Gasteiger partial charge >= 0.3 is 0 Å². The molecule has 0 spiro atoms. The molecule has 0 saturated carbocycles. The van der Waals surface area contributed by atoms with E-state index in [0.717, 1.165) is 38.7 Å². The highest BCUT2D eigenvalue weighted by Crippen LogP contribution is 2.34. The van der Waals surface area contributed by atoms with Crippen LogP contribution in [0.5, 0.6) is 0 Å². The number of rotatable bonds is 3. The molecular formula is C18H18BrNO. The number of furan rings is 1. The average Bonchev–Trinajstić information content (AvgIpc) is 2.87. The van der Waals surface area contributed by atoms with Gasteiger partial charge in [-0.25, -0.2) is 0 Å². The molecule has 21 heavy (non-hydrogen) atoms. The SMILES string of the molecule is CCc1oc2ccccc2c1C(N)c1ccc(C)c(Br)c1. The summed E-state index contributed by atoms with van der Waals surface area (Å²) in [6.45, 7) is 4.17. The molecule has 3 aromatic rings. The lowest BCUT2D eigenvalue weighted by molar-refractivity contribution is 0.546. The second kappa shape index (κ2) is 5.66. The fourth-order valence-electron chi connectivity index (χ4n) is 2.69. The minimum atomic E-state index is -0.180. The van der Waals surface area contributed by atoms with Gasteiger partial charge in [-0.3, -0.25) is 0 Å². The molecule has 0 aliphatic carbocycles. The molecular weight excluding hydrogens is 326 g/mol. The Bertz CT molecular complexity index is 791. The summed E-state index contributed by atoms with van der Waals surface area (Å²) < 4.78 is 7.04. The first-order valence-corrected chi connectivity index (χ1v) is 7.93. The first-order chi connectivity index (χ1) is 10.1. The lowest BCUT2D eigenvalue weighted by Gasteiger charge is -2.14. The van der Waals surface area contributed by atoms with Crippen molar-refractivity contribution in [3.8, 4) is 0 Å². The fraction of sp³-hybridized carbons (Fsp3) is 0.222. The molecule has 1 unspecified atom stereocenters. The summed E-state index contributed by atoms with van der Waals surface area (Å²) >= 11 is 3.58. The molecule has 0 aliphatic rings. The number of hydrogen-bond donors (Lipinski definition) is 1. The number of para-hydroxylation sites is 1. The second-order valence-corrected chi connectivity index (χ2v) is 6.13. The molecule has 0 radical (unpaired) electrons. The Balaban J connectivity index is 2.16. The molecule has 1 atom stereocenters. The Morgan fingerprint density at radius 2 is 1.95 bits per heavy atom. The maximum absolute atomic E-state index is 6.54. The number of nitrogens with two attached hydrogens (primary N) is 1. The highest BCUT2D eigenvalue weighted by Gasteiger charge is 2.20. The lowest BCUT2D eigenvalue weighted by Crippen LogP contribution is -2.13. The van der Waals surface area contributed by atoms with Gasteiger partial charge in [-0.1, -0.05) is 53.2 Å². The maximum atomic E-state index is 6.54. The van der Waals surface area contributed by atoms with E-state index in [9.17, 15) is 0 Å². The normalized spacial score (nSPS) is 12.8. The molecule has 2 N–H and O–H groups in total. The molecule has 1 heterocycles. The summed E-state index contributed by atoms with van der Waals surface area (Å²) in [5.74, 6) is 0.973. The quantitative estimate of drug-likeness (QED) is 0.717. The van der Waals surface area contributed by atoms with E-state index in [1.54, 1.807) is 0 Å². The van der Waals surface area contributed by atoms with E-state index in [4.69, 9.17) is 10.2 Å². The van der Waals surface area contributed by atoms with E-state index in [0.29, 0.717) is 0 Å². The zero-order chi connectivity index (χ0) is 15.0. The molecule has 0 bridgehead atoms. The van der Waals surface area contributed by atoms with Crippen molar-refractivity contribution in [1.29, 1.82) is 0 Å². The number of aryl methyl sites for hydroxylation is 2. The van der Waals surface area contributed by atoms with Gasteiger partial charge in [-0.2, -0.15) is 0 Å². The smallest absolute Gasteiger partial charge is 0.134 e. The van der Waals surface area contributed by atoms with Gasteiger partial charge < -0.3 is 10.2 Å². The van der Waals surface area contributed by atoms with Gasteiger partial charge in [0.1, 0.15) is 11.3 Å². The van der Waals surface area contributed by atoms with Crippen LogP contribution in [0.25, 0.3) is 11.0 Å². The van der Waals surface area contributed by atoms with Gasteiger partial charge in [-0.15, -0.1) is 0 Å². The largest absolute Gasteiger partial charge is 0.461 e. The van der Waals surface area contributed by atoms with Crippen LogP contribution in [0, 0.1) is 6.92 Å². The first-order valence-electron chi connectivity index (χ1n) is 7.13. The Hall–Kier alpha value is -1.58. The van der Waals surface area contributed by atoms with Crippen molar-refractivity contribution in [3.63, 3.8) is 0 Å². The van der Waals surface area contributed by atoms with Gasteiger partial charge in [0.2, 0.25) is 0 Å². The zero-order valence-corrected chi connectivity index (χ0v) is 13.8. The van der Waals surface area contributed by atoms with Crippen LogP contribution in [0.15, 0.2) is 51.4 Å². The van der Waals surface area contributed by atoms with Crippen LogP contribution >= 0.6 is 15.9 Å². The number of halogens is 1. The van der Waals surface area contributed by atoms with Crippen LogP contribution < -0.4 is 5.73 Å². The standard InChI is InChI=1S/C18H18BrNO/c1-3-15-17(13-6-4-5-7-16(13)21-15)18(20)12-9-8-11(2)14(19)10-12/h4-10,18H,3,20H2,1-2H3. The second-order valence-electron chi connectivity index (χ2n) is 5.27. The van der Waals surface area contributed by atoms with Crippen molar-refractivity contribution in [3.05, 3.63) is 69.4 Å². The van der Waals surface area contributed by atoms with Gasteiger partial charge in [0.25, 0.3) is 0 Å². The predicted molar refractivity (Wildman–Crippen MR) is 90.5 cm³/mol. The van der Waals surface area contributed by atoms with E-state index in [1.807, 2.05) is 18.2 Å². The van der Waals surface area contributed by atoms with Crippen molar-refractivity contribution in [2.45, 2.75) is 26.3 Å². The van der Waals surface area contributed by atoms with E-state index >= 15 is 0 Å². The van der Waals surface area contributed by atoms with Crippen LogP contribution in [0.2, 0.25) is 0 Å². The fourth-order valence-corrected chi connectivity index (χ4v) is 3.09. The Morgan fingerprint density at radius 1 is 1.19 bits per heavy atom. The van der Waals surface area contributed by atoms with Crippen molar-refractivity contribution < 1.29 is 4.42 Å². The topological polar surface area (TPSA) is 39.2 Å².